The number of hydrogen-bond donors (Lipinski definition) is 1. The Labute approximate surface area is 133 Å². The number of aromatic nitrogens is 3. The summed E-state index contributed by atoms with van der Waals surface area (Å²) in [6.07, 6.45) is 3.56. The first-order chi connectivity index (χ1) is 11.1. The molecule has 2 N–H and O–H groups in total. The molecule has 0 aliphatic heterocycles. The van der Waals surface area contributed by atoms with E-state index in [1.165, 1.54) is 0 Å². The highest BCUT2D eigenvalue weighted by atomic mass is 16.5. The highest BCUT2D eigenvalue weighted by Crippen LogP contribution is 2.32. The van der Waals surface area contributed by atoms with Crippen LogP contribution in [0.1, 0.15) is 5.56 Å². The van der Waals surface area contributed by atoms with Gasteiger partial charge in [-0.15, -0.1) is 0 Å². The van der Waals surface area contributed by atoms with Crippen LogP contribution in [0.3, 0.4) is 0 Å². The van der Waals surface area contributed by atoms with Gasteiger partial charge in [0.2, 0.25) is 0 Å². The molecule has 3 aromatic rings. The molecule has 1 aromatic carbocycles. The molecule has 2 aromatic heterocycles. The average Bonchev–Trinajstić information content (AvgIpc) is 3.00. The molecule has 0 bridgehead atoms. The molecule has 114 valence electrons. The number of anilines is 1. The molecule has 0 unspecified atom stereocenters. The number of nitriles is 1. The minimum atomic E-state index is 0.201. The van der Waals surface area contributed by atoms with Crippen LogP contribution in [-0.4, -0.2) is 21.9 Å². The highest BCUT2D eigenvalue weighted by Gasteiger charge is 2.14. The lowest BCUT2D eigenvalue weighted by atomic mass is 9.99. The molecule has 0 aliphatic carbocycles. The molecule has 0 fully saturated rings. The van der Waals surface area contributed by atoms with Gasteiger partial charge in [0.1, 0.15) is 23.2 Å². The molecule has 2 heterocycles. The Kier molecular flexibility index (Phi) is 3.69. The lowest BCUT2D eigenvalue weighted by molar-refractivity contribution is 0.415. The first-order valence-electron chi connectivity index (χ1n) is 6.96. The fraction of sp³-hybridized carbons (Fsp3) is 0.118. The second-order valence-electron chi connectivity index (χ2n) is 5.06. The summed E-state index contributed by atoms with van der Waals surface area (Å²) in [5, 5.41) is 13.6. The van der Waals surface area contributed by atoms with E-state index in [-0.39, 0.29) is 5.82 Å². The van der Waals surface area contributed by atoms with Crippen LogP contribution >= 0.6 is 0 Å². The SMILES string of the molecule is COc1cccc(-c2cc(-c3cnn(C)c3)nc(N)c2C#N)c1. The Morgan fingerprint density at radius 3 is 2.74 bits per heavy atom. The zero-order chi connectivity index (χ0) is 16.4. The van der Waals surface area contributed by atoms with E-state index < -0.39 is 0 Å². The van der Waals surface area contributed by atoms with Crippen molar-refractivity contribution in [1.29, 1.82) is 5.26 Å². The van der Waals surface area contributed by atoms with Crippen LogP contribution < -0.4 is 10.5 Å². The summed E-state index contributed by atoms with van der Waals surface area (Å²) in [4.78, 5) is 4.33. The maximum Gasteiger partial charge on any atom is 0.142 e. The minimum Gasteiger partial charge on any atom is -0.497 e. The molecule has 0 aliphatic rings. The summed E-state index contributed by atoms with van der Waals surface area (Å²) in [6.45, 7) is 0. The predicted molar refractivity (Wildman–Crippen MR) is 87.6 cm³/mol. The van der Waals surface area contributed by atoms with Crippen LogP contribution in [-0.2, 0) is 7.05 Å². The Balaban J connectivity index is 2.22. The van der Waals surface area contributed by atoms with Crippen molar-refractivity contribution < 1.29 is 4.74 Å². The fourth-order valence-corrected chi connectivity index (χ4v) is 2.40. The Hall–Kier alpha value is -3.33. The van der Waals surface area contributed by atoms with Gasteiger partial charge in [0, 0.05) is 24.4 Å². The first-order valence-corrected chi connectivity index (χ1v) is 6.96. The monoisotopic (exact) mass is 305 g/mol. The van der Waals surface area contributed by atoms with Crippen LogP contribution in [0.25, 0.3) is 22.4 Å². The molecular weight excluding hydrogens is 290 g/mol. The Morgan fingerprint density at radius 2 is 2.09 bits per heavy atom. The highest BCUT2D eigenvalue weighted by molar-refractivity contribution is 5.80. The van der Waals surface area contributed by atoms with Crippen LogP contribution in [0, 0.1) is 11.3 Å². The third-order valence-corrected chi connectivity index (χ3v) is 3.54. The second kappa shape index (κ2) is 5.81. The summed E-state index contributed by atoms with van der Waals surface area (Å²) in [5.74, 6) is 0.913. The van der Waals surface area contributed by atoms with Crippen LogP contribution in [0.15, 0.2) is 42.7 Å². The quantitative estimate of drug-likeness (QED) is 0.803. The molecular formula is C17H15N5O. The summed E-state index contributed by atoms with van der Waals surface area (Å²) < 4.78 is 6.95. The van der Waals surface area contributed by atoms with Gasteiger partial charge in [0.05, 0.1) is 19.0 Å². The van der Waals surface area contributed by atoms with Gasteiger partial charge in [0.25, 0.3) is 0 Å². The third kappa shape index (κ3) is 2.72. The van der Waals surface area contributed by atoms with E-state index in [4.69, 9.17) is 10.5 Å². The number of nitrogens with zero attached hydrogens (tertiary/aromatic N) is 4. The number of rotatable bonds is 3. The number of aryl methyl sites for hydroxylation is 1. The maximum atomic E-state index is 9.43. The van der Waals surface area contributed by atoms with Crippen molar-refractivity contribution in [3.8, 4) is 34.2 Å². The molecule has 6 heteroatoms. The lowest BCUT2D eigenvalue weighted by Gasteiger charge is -2.10. The maximum absolute atomic E-state index is 9.43. The van der Waals surface area contributed by atoms with Gasteiger partial charge >= 0.3 is 0 Å². The lowest BCUT2D eigenvalue weighted by Crippen LogP contribution is -1.99. The zero-order valence-corrected chi connectivity index (χ0v) is 12.8. The largest absolute Gasteiger partial charge is 0.497 e. The average molecular weight is 305 g/mol. The van der Waals surface area contributed by atoms with Crippen LogP contribution in [0.2, 0.25) is 0 Å². The minimum absolute atomic E-state index is 0.201. The van der Waals surface area contributed by atoms with E-state index in [1.807, 2.05) is 43.6 Å². The number of hydrogen-bond acceptors (Lipinski definition) is 5. The Morgan fingerprint density at radius 1 is 1.26 bits per heavy atom. The fourth-order valence-electron chi connectivity index (χ4n) is 2.40. The van der Waals surface area contributed by atoms with Crippen molar-refractivity contribution in [1.82, 2.24) is 14.8 Å². The number of ether oxygens (including phenoxy) is 1. The van der Waals surface area contributed by atoms with Crippen LogP contribution in [0.4, 0.5) is 5.82 Å². The molecule has 0 amide bonds. The molecule has 0 saturated heterocycles. The normalized spacial score (nSPS) is 10.3. The topological polar surface area (TPSA) is 89.8 Å². The van der Waals surface area contributed by atoms with Gasteiger partial charge < -0.3 is 10.5 Å². The number of nitrogen functional groups attached to an aromatic ring is 1. The van der Waals surface area contributed by atoms with E-state index in [1.54, 1.807) is 18.0 Å². The molecule has 3 rings (SSSR count). The molecule has 6 nitrogen and oxygen atoms in total. The molecule has 0 spiro atoms. The molecule has 0 radical (unpaired) electrons. The van der Waals surface area contributed by atoms with E-state index in [2.05, 4.69) is 16.2 Å². The summed E-state index contributed by atoms with van der Waals surface area (Å²) >= 11 is 0. The number of pyridine rings is 1. The van der Waals surface area contributed by atoms with Crippen LogP contribution in [0.5, 0.6) is 5.75 Å². The smallest absolute Gasteiger partial charge is 0.142 e. The van der Waals surface area contributed by atoms with E-state index in [0.29, 0.717) is 17.0 Å². The summed E-state index contributed by atoms with van der Waals surface area (Å²) in [5.41, 5.74) is 9.43. The van der Waals surface area contributed by atoms with Crippen molar-refractivity contribution in [3.05, 3.63) is 48.3 Å². The number of nitrogens with two attached hydrogens (primary N) is 1. The van der Waals surface area contributed by atoms with Crippen molar-refractivity contribution in [2.75, 3.05) is 12.8 Å². The van der Waals surface area contributed by atoms with Gasteiger partial charge in [-0.2, -0.15) is 10.4 Å². The molecule has 23 heavy (non-hydrogen) atoms. The number of methoxy groups -OCH3 is 1. The van der Waals surface area contributed by atoms with Crippen molar-refractivity contribution >= 4 is 5.82 Å². The predicted octanol–water partition coefficient (Wildman–Crippen LogP) is 2.61. The summed E-state index contributed by atoms with van der Waals surface area (Å²) in [7, 11) is 3.44. The number of benzene rings is 1. The van der Waals surface area contributed by atoms with E-state index in [9.17, 15) is 5.26 Å². The van der Waals surface area contributed by atoms with Crippen molar-refractivity contribution in [3.63, 3.8) is 0 Å². The Bertz CT molecular complexity index is 908. The molecule has 0 saturated carbocycles. The van der Waals surface area contributed by atoms with Crippen molar-refractivity contribution in [2.24, 2.45) is 7.05 Å². The van der Waals surface area contributed by atoms with Gasteiger partial charge in [-0.1, -0.05) is 12.1 Å². The third-order valence-electron chi connectivity index (χ3n) is 3.54. The molecule has 0 atom stereocenters. The standard InChI is InChI=1S/C17H15N5O/c1-22-10-12(9-20-22)16-7-14(15(8-18)17(19)21-16)11-4-3-5-13(6-11)23-2/h3-7,9-10H,1-2H3,(H2,19,21). The van der Waals surface area contributed by atoms with E-state index >= 15 is 0 Å². The first kappa shape index (κ1) is 14.6. The summed E-state index contributed by atoms with van der Waals surface area (Å²) in [6, 6.07) is 11.5. The second-order valence-corrected chi connectivity index (χ2v) is 5.06. The van der Waals surface area contributed by atoms with Gasteiger partial charge in [-0.05, 0) is 23.8 Å². The van der Waals surface area contributed by atoms with Gasteiger partial charge in [-0.25, -0.2) is 4.98 Å². The van der Waals surface area contributed by atoms with Gasteiger partial charge in [0.15, 0.2) is 0 Å². The van der Waals surface area contributed by atoms with E-state index in [0.717, 1.165) is 16.7 Å². The zero-order valence-electron chi connectivity index (χ0n) is 12.8. The van der Waals surface area contributed by atoms with Crippen molar-refractivity contribution in [2.45, 2.75) is 0 Å². The van der Waals surface area contributed by atoms with Gasteiger partial charge in [-0.3, -0.25) is 4.68 Å².